The Labute approximate surface area is 108 Å². The van der Waals surface area contributed by atoms with Crippen molar-refractivity contribution >= 4 is 34.9 Å². The number of nitrogens with two attached hydrogens (primary N) is 1. The van der Waals surface area contributed by atoms with Gasteiger partial charge in [0, 0.05) is 20.9 Å². The summed E-state index contributed by atoms with van der Waals surface area (Å²) in [5.74, 6) is -0.438. The van der Waals surface area contributed by atoms with Gasteiger partial charge in [-0.15, -0.1) is 11.3 Å². The van der Waals surface area contributed by atoms with Gasteiger partial charge in [0.1, 0.15) is 0 Å². The van der Waals surface area contributed by atoms with Crippen LogP contribution in [0.1, 0.15) is 4.88 Å². The second kappa shape index (κ2) is 5.17. The van der Waals surface area contributed by atoms with Crippen LogP contribution in [0.2, 0.25) is 5.02 Å². The van der Waals surface area contributed by atoms with E-state index >= 15 is 0 Å². The molecule has 0 spiro atoms. The van der Waals surface area contributed by atoms with E-state index in [0.717, 1.165) is 20.3 Å². The van der Waals surface area contributed by atoms with Crippen molar-refractivity contribution < 1.29 is 4.79 Å². The number of thiophene rings is 1. The average Bonchev–Trinajstić information content (AvgIpc) is 2.76. The van der Waals surface area contributed by atoms with Gasteiger partial charge in [-0.2, -0.15) is 0 Å². The molecule has 2 N–H and O–H groups in total. The third kappa shape index (κ3) is 3.19. The fourth-order valence-electron chi connectivity index (χ4n) is 1.38. The molecule has 2 rings (SSSR count). The van der Waals surface area contributed by atoms with Crippen molar-refractivity contribution in [1.29, 1.82) is 0 Å². The first kappa shape index (κ1) is 11.9. The Morgan fingerprint density at radius 2 is 1.88 bits per heavy atom. The Balaban J connectivity index is 2.23. The molecule has 0 saturated heterocycles. The summed E-state index contributed by atoms with van der Waals surface area (Å²) in [5, 5.41) is 0.721. The van der Waals surface area contributed by atoms with Gasteiger partial charge in [0.2, 0.25) is 5.91 Å². The summed E-state index contributed by atoms with van der Waals surface area (Å²) in [7, 11) is 0. The average molecular weight is 264 g/mol. The van der Waals surface area contributed by atoms with Crippen molar-refractivity contribution in [3.63, 3.8) is 0 Å². The highest BCUT2D eigenvalue weighted by Crippen LogP contribution is 2.29. The lowest BCUT2D eigenvalue weighted by atomic mass is 10.2. The van der Waals surface area contributed by atoms with Crippen LogP contribution in [0, 0.1) is 0 Å². The second-order valence-corrected chi connectivity index (χ2v) is 5.00. The third-order valence-corrected chi connectivity index (χ3v) is 3.52. The molecule has 86 valence electrons. The first-order chi connectivity index (χ1) is 8.15. The predicted octanol–water partition coefficient (Wildman–Crippen LogP) is 3.57. The van der Waals surface area contributed by atoms with Gasteiger partial charge in [-0.3, -0.25) is 4.79 Å². The Morgan fingerprint density at radius 3 is 2.53 bits per heavy atom. The molecular weight excluding hydrogens is 254 g/mol. The van der Waals surface area contributed by atoms with E-state index in [0.29, 0.717) is 0 Å². The van der Waals surface area contributed by atoms with E-state index in [4.69, 9.17) is 17.3 Å². The summed E-state index contributed by atoms with van der Waals surface area (Å²) in [6.45, 7) is 0. The lowest BCUT2D eigenvalue weighted by Crippen LogP contribution is -2.04. The molecule has 1 amide bonds. The highest BCUT2D eigenvalue weighted by atomic mass is 35.5. The quantitative estimate of drug-likeness (QED) is 0.846. The van der Waals surface area contributed by atoms with Crippen LogP contribution in [0.25, 0.3) is 16.5 Å². The van der Waals surface area contributed by atoms with Crippen LogP contribution < -0.4 is 5.73 Å². The summed E-state index contributed by atoms with van der Waals surface area (Å²) in [6, 6.07) is 11.6. The van der Waals surface area contributed by atoms with E-state index in [9.17, 15) is 4.79 Å². The lowest BCUT2D eigenvalue weighted by molar-refractivity contribution is -0.113. The van der Waals surface area contributed by atoms with Gasteiger partial charge in [0.15, 0.2) is 0 Å². The van der Waals surface area contributed by atoms with Crippen molar-refractivity contribution in [2.24, 2.45) is 5.73 Å². The van der Waals surface area contributed by atoms with Crippen LogP contribution in [0.3, 0.4) is 0 Å². The van der Waals surface area contributed by atoms with Crippen molar-refractivity contribution in [1.82, 2.24) is 0 Å². The summed E-state index contributed by atoms with van der Waals surface area (Å²) < 4.78 is 0. The van der Waals surface area contributed by atoms with E-state index in [2.05, 4.69) is 0 Å². The largest absolute Gasteiger partial charge is 0.366 e. The summed E-state index contributed by atoms with van der Waals surface area (Å²) in [4.78, 5) is 12.7. The Hall–Kier alpha value is -1.58. The Kier molecular flexibility index (Phi) is 3.61. The molecule has 0 saturated carbocycles. The van der Waals surface area contributed by atoms with Crippen molar-refractivity contribution in [3.05, 3.63) is 52.4 Å². The number of primary amides is 1. The van der Waals surface area contributed by atoms with Crippen LogP contribution in [0.4, 0.5) is 0 Å². The number of carbonyl (C=O) groups is 1. The Morgan fingerprint density at radius 1 is 1.18 bits per heavy atom. The van der Waals surface area contributed by atoms with Crippen molar-refractivity contribution in [2.75, 3.05) is 0 Å². The molecule has 1 aromatic heterocycles. The predicted molar refractivity (Wildman–Crippen MR) is 73.0 cm³/mol. The molecule has 0 radical (unpaired) electrons. The molecule has 0 fully saturated rings. The van der Waals surface area contributed by atoms with Crippen molar-refractivity contribution in [3.8, 4) is 10.4 Å². The third-order valence-electron chi connectivity index (χ3n) is 2.17. The highest BCUT2D eigenvalue weighted by Gasteiger charge is 2.01. The van der Waals surface area contributed by atoms with Gasteiger partial charge in [0.25, 0.3) is 0 Å². The van der Waals surface area contributed by atoms with Crippen LogP contribution in [0.5, 0.6) is 0 Å². The second-order valence-electron chi connectivity index (χ2n) is 3.44. The molecule has 2 nitrogen and oxygen atoms in total. The summed E-state index contributed by atoms with van der Waals surface area (Å²) >= 11 is 7.43. The molecule has 0 unspecified atom stereocenters. The molecule has 17 heavy (non-hydrogen) atoms. The molecule has 0 aliphatic heterocycles. The number of hydrogen-bond acceptors (Lipinski definition) is 2. The van der Waals surface area contributed by atoms with E-state index in [1.54, 1.807) is 17.4 Å². The van der Waals surface area contributed by atoms with E-state index in [1.807, 2.05) is 36.4 Å². The molecule has 0 aliphatic carbocycles. The molecule has 4 heteroatoms. The first-order valence-corrected chi connectivity index (χ1v) is 6.18. The van der Waals surface area contributed by atoms with E-state index in [1.165, 1.54) is 6.08 Å². The minimum atomic E-state index is -0.438. The topological polar surface area (TPSA) is 43.1 Å². The van der Waals surface area contributed by atoms with E-state index < -0.39 is 5.91 Å². The van der Waals surface area contributed by atoms with Gasteiger partial charge in [-0.25, -0.2) is 0 Å². The van der Waals surface area contributed by atoms with Crippen LogP contribution in [-0.4, -0.2) is 5.91 Å². The zero-order valence-corrected chi connectivity index (χ0v) is 10.5. The number of halogens is 1. The molecule has 0 atom stereocenters. The zero-order chi connectivity index (χ0) is 12.3. The smallest absolute Gasteiger partial charge is 0.241 e. The first-order valence-electron chi connectivity index (χ1n) is 4.98. The number of carbonyl (C=O) groups excluding carboxylic acids is 1. The summed E-state index contributed by atoms with van der Waals surface area (Å²) in [6.07, 6.45) is 3.07. The van der Waals surface area contributed by atoms with Crippen LogP contribution in [-0.2, 0) is 4.79 Å². The minimum Gasteiger partial charge on any atom is -0.366 e. The number of benzene rings is 1. The number of amides is 1. The van der Waals surface area contributed by atoms with Gasteiger partial charge < -0.3 is 5.73 Å². The molecule has 0 bridgehead atoms. The van der Waals surface area contributed by atoms with Gasteiger partial charge >= 0.3 is 0 Å². The van der Waals surface area contributed by atoms with Crippen molar-refractivity contribution in [2.45, 2.75) is 0 Å². The fraction of sp³-hybridized carbons (Fsp3) is 0. The van der Waals surface area contributed by atoms with Gasteiger partial charge in [-0.1, -0.05) is 23.7 Å². The molecule has 1 heterocycles. The van der Waals surface area contributed by atoms with Crippen LogP contribution in [0.15, 0.2) is 42.5 Å². The van der Waals surface area contributed by atoms with E-state index in [-0.39, 0.29) is 0 Å². The van der Waals surface area contributed by atoms with Gasteiger partial charge in [0.05, 0.1) is 0 Å². The lowest BCUT2D eigenvalue weighted by Gasteiger charge is -1.96. The highest BCUT2D eigenvalue weighted by molar-refractivity contribution is 7.16. The SMILES string of the molecule is NC(=O)/C=C\c1ccc(-c2ccc(Cl)cc2)s1. The normalized spacial score (nSPS) is 10.9. The zero-order valence-electron chi connectivity index (χ0n) is 8.89. The fourth-order valence-corrected chi connectivity index (χ4v) is 2.42. The maximum Gasteiger partial charge on any atom is 0.241 e. The standard InChI is InChI=1S/C13H10ClNOS/c14-10-3-1-9(2-4-10)12-7-5-11(17-12)6-8-13(15)16/h1-8H,(H2,15,16)/b8-6-. The Bertz CT molecular complexity index is 557. The molecule has 2 aromatic rings. The maximum atomic E-state index is 10.6. The molecular formula is C13H10ClNOS. The molecule has 1 aromatic carbocycles. The minimum absolute atomic E-state index is 0.438. The molecule has 0 aliphatic rings. The van der Waals surface area contributed by atoms with Gasteiger partial charge in [-0.05, 0) is 35.9 Å². The monoisotopic (exact) mass is 263 g/mol. The number of rotatable bonds is 3. The maximum absolute atomic E-state index is 10.6. The number of hydrogen-bond donors (Lipinski definition) is 1. The summed E-state index contributed by atoms with van der Waals surface area (Å²) in [5.41, 5.74) is 6.15. The van der Waals surface area contributed by atoms with Crippen LogP contribution >= 0.6 is 22.9 Å².